The Labute approximate surface area is 97.1 Å². The van der Waals surface area contributed by atoms with Crippen LogP contribution < -0.4 is 29.6 Å². The second-order valence-corrected chi connectivity index (χ2v) is 3.13. The zero-order valence-electron chi connectivity index (χ0n) is 6.57. The van der Waals surface area contributed by atoms with Crippen molar-refractivity contribution in [1.82, 2.24) is 0 Å². The smallest absolute Gasteiger partial charge is 0.320 e. The van der Waals surface area contributed by atoms with E-state index in [1.165, 1.54) is 12.8 Å². The first kappa shape index (κ1) is 18.4. The summed E-state index contributed by atoms with van der Waals surface area (Å²) in [5.74, 6) is 0. The molecule has 3 N–H and O–H groups in total. The first-order valence-corrected chi connectivity index (χ1v) is 5.10. The van der Waals surface area contributed by atoms with Crippen molar-refractivity contribution in [3.8, 4) is 0 Å². The molecule has 0 aliphatic rings. The molecule has 0 aliphatic heterocycles. The predicted octanol–water partition coefficient (Wildman–Crippen LogP) is -1.58. The van der Waals surface area contributed by atoms with E-state index >= 15 is 0 Å². The van der Waals surface area contributed by atoms with Gasteiger partial charge in [0.25, 0.3) is 0 Å². The van der Waals surface area contributed by atoms with Crippen LogP contribution in [0.5, 0.6) is 0 Å². The second-order valence-electron chi connectivity index (χ2n) is 1.46. The van der Waals surface area contributed by atoms with E-state index in [1.54, 1.807) is 0 Å². The van der Waals surface area contributed by atoms with Gasteiger partial charge in [0.1, 0.15) is 0 Å². The summed E-state index contributed by atoms with van der Waals surface area (Å²) in [4.78, 5) is 21.6. The van der Waals surface area contributed by atoms with Crippen molar-refractivity contribution in [3.05, 3.63) is 5.33 Å². The Hall–Kier alpha value is 1.59. The van der Waals surface area contributed by atoms with Gasteiger partial charge in [-0.3, -0.25) is 5.33 Å². The van der Waals surface area contributed by atoms with E-state index in [2.05, 4.69) is 22.9 Å². The maximum atomic E-state index is 8.88. The molecule has 0 bridgehead atoms. The third kappa shape index (κ3) is 82.7. The summed E-state index contributed by atoms with van der Waals surface area (Å²) in [6.45, 7) is 2.15. The van der Waals surface area contributed by atoms with E-state index in [-0.39, 0.29) is 29.6 Å². The van der Waals surface area contributed by atoms with E-state index in [9.17, 15) is 0 Å². The Morgan fingerprint density at radius 2 is 1.73 bits per heavy atom. The number of hydrogen-bond acceptors (Lipinski definition) is 1. The van der Waals surface area contributed by atoms with Gasteiger partial charge < -0.3 is 30.6 Å². The van der Waals surface area contributed by atoms with Gasteiger partial charge in [0.15, 0.2) is 0 Å². The number of halogens is 1. The summed E-state index contributed by atoms with van der Waals surface area (Å²) >= 11 is 3.18. The van der Waals surface area contributed by atoms with Gasteiger partial charge in [-0.15, -0.1) is 0 Å². The number of hydrogen-bond donors (Lipinski definition) is 3. The average Bonchev–Trinajstić information content (AvgIpc) is 1.63. The molecule has 0 amide bonds. The van der Waals surface area contributed by atoms with Gasteiger partial charge >= 0.3 is 37.4 Å². The fourth-order valence-electron chi connectivity index (χ4n) is 0.109. The minimum Gasteiger partial charge on any atom is -0.320 e. The normalized spacial score (nSPS) is 9.18. The zero-order valence-corrected chi connectivity index (χ0v) is 11.0. The largest absolute Gasteiger partial charge is 1.00 e. The number of rotatable bonds is 2. The van der Waals surface area contributed by atoms with Crippen molar-refractivity contribution in [2.75, 3.05) is 0 Å². The fourth-order valence-corrected chi connectivity index (χ4v) is 0.567. The molecule has 0 fully saturated rings. The van der Waals surface area contributed by atoms with Crippen molar-refractivity contribution >= 4 is 23.8 Å². The fraction of sp³-hybridized carbons (Fsp3) is 0.750. The standard InChI is InChI=1S/C4H8Br.Na.H3O4P/c1-2-3-4-5;;1-5(2,3)4/h4H,2-3H2,1H3;;(H3,1,2,3,4)/q-1;+1;. The van der Waals surface area contributed by atoms with Crippen LogP contribution in [0.1, 0.15) is 19.8 Å². The molecular formula is C4H11BrNaO4P. The van der Waals surface area contributed by atoms with Crippen LogP contribution in [0.3, 0.4) is 0 Å². The molecule has 0 spiro atoms. The van der Waals surface area contributed by atoms with Crippen LogP contribution in [0.4, 0.5) is 0 Å². The van der Waals surface area contributed by atoms with Crippen LogP contribution in [-0.4, -0.2) is 14.7 Å². The molecular weight excluding hydrogens is 246 g/mol. The molecule has 7 heteroatoms. The van der Waals surface area contributed by atoms with E-state index in [0.717, 1.165) is 0 Å². The maximum Gasteiger partial charge on any atom is 1.00 e. The monoisotopic (exact) mass is 256 g/mol. The molecule has 0 saturated carbocycles. The Morgan fingerprint density at radius 1 is 1.45 bits per heavy atom. The number of phosphoric acid groups is 1. The van der Waals surface area contributed by atoms with Crippen LogP contribution in [0.2, 0.25) is 0 Å². The van der Waals surface area contributed by atoms with Gasteiger partial charge in [-0.05, 0) is 0 Å². The summed E-state index contributed by atoms with van der Waals surface area (Å²) in [7, 11) is -4.64. The van der Waals surface area contributed by atoms with Crippen LogP contribution >= 0.6 is 23.8 Å². The molecule has 0 aromatic rings. The Bertz CT molecular complexity index is 96.0. The summed E-state index contributed by atoms with van der Waals surface area (Å²) in [5, 5.41) is 1.99. The van der Waals surface area contributed by atoms with Crippen molar-refractivity contribution in [3.63, 3.8) is 0 Å². The second kappa shape index (κ2) is 11.6. The van der Waals surface area contributed by atoms with Gasteiger partial charge in [-0.2, -0.15) is 6.42 Å². The molecule has 0 heterocycles. The Morgan fingerprint density at radius 3 is 1.73 bits per heavy atom. The van der Waals surface area contributed by atoms with E-state index in [1.807, 2.05) is 5.33 Å². The van der Waals surface area contributed by atoms with E-state index in [0.29, 0.717) is 0 Å². The first-order chi connectivity index (χ1) is 4.41. The minimum atomic E-state index is -4.64. The molecule has 0 aliphatic carbocycles. The van der Waals surface area contributed by atoms with E-state index < -0.39 is 7.82 Å². The molecule has 0 saturated heterocycles. The van der Waals surface area contributed by atoms with Gasteiger partial charge in [0, 0.05) is 0 Å². The minimum absolute atomic E-state index is 0. The van der Waals surface area contributed by atoms with Crippen LogP contribution in [-0.2, 0) is 4.57 Å². The third-order valence-electron chi connectivity index (χ3n) is 0.398. The summed E-state index contributed by atoms with van der Waals surface area (Å²) < 4.78 is 8.88. The Kier molecular flexibility index (Phi) is 19.4. The molecule has 64 valence electrons. The van der Waals surface area contributed by atoms with Crippen molar-refractivity contribution in [2.45, 2.75) is 19.8 Å². The molecule has 0 rings (SSSR count). The van der Waals surface area contributed by atoms with Crippen LogP contribution in [0.15, 0.2) is 0 Å². The SMILES string of the molecule is CCC[CH-]Br.O=P(O)(O)O.[Na+]. The predicted molar refractivity (Wildman–Crippen MR) is 42.4 cm³/mol. The number of unbranched alkanes of at least 4 members (excludes halogenated alkanes) is 1. The van der Waals surface area contributed by atoms with Crippen molar-refractivity contribution in [1.29, 1.82) is 0 Å². The molecule has 0 aromatic carbocycles. The molecule has 0 aromatic heterocycles. The third-order valence-corrected chi connectivity index (χ3v) is 0.856. The van der Waals surface area contributed by atoms with Crippen molar-refractivity contribution < 1.29 is 48.8 Å². The van der Waals surface area contributed by atoms with Gasteiger partial charge in [0.2, 0.25) is 0 Å². The zero-order chi connectivity index (χ0) is 8.62. The van der Waals surface area contributed by atoms with Crippen molar-refractivity contribution in [2.24, 2.45) is 0 Å². The van der Waals surface area contributed by atoms with Crippen LogP contribution in [0.25, 0.3) is 0 Å². The summed E-state index contributed by atoms with van der Waals surface area (Å²) in [6.07, 6.45) is 2.42. The summed E-state index contributed by atoms with van der Waals surface area (Å²) in [6, 6.07) is 0. The first-order valence-electron chi connectivity index (χ1n) is 2.62. The summed E-state index contributed by atoms with van der Waals surface area (Å²) in [5.41, 5.74) is 0. The van der Waals surface area contributed by atoms with Gasteiger partial charge in [-0.1, -0.05) is 13.3 Å². The molecule has 0 atom stereocenters. The van der Waals surface area contributed by atoms with Crippen LogP contribution in [0, 0.1) is 5.33 Å². The topological polar surface area (TPSA) is 77.8 Å². The molecule has 4 nitrogen and oxygen atoms in total. The maximum absolute atomic E-state index is 8.88. The van der Waals surface area contributed by atoms with Gasteiger partial charge in [-0.25, -0.2) is 4.57 Å². The molecule has 11 heavy (non-hydrogen) atoms. The van der Waals surface area contributed by atoms with E-state index in [4.69, 9.17) is 19.2 Å². The molecule has 0 unspecified atom stereocenters. The van der Waals surface area contributed by atoms with Gasteiger partial charge in [0.05, 0.1) is 0 Å². The molecule has 0 radical (unpaired) electrons. The Balaban J connectivity index is -0.000000107. The quantitative estimate of drug-likeness (QED) is 0.317. The average molecular weight is 257 g/mol.